The zero-order valence-electron chi connectivity index (χ0n) is 18.4. The van der Waals surface area contributed by atoms with Crippen LogP contribution in [0.2, 0.25) is 0 Å². The number of hydrogen-bond donors (Lipinski definition) is 4. The summed E-state index contributed by atoms with van der Waals surface area (Å²) < 4.78 is 90.2. The molecule has 2 saturated heterocycles. The monoisotopic (exact) mass is 510 g/mol. The van der Waals surface area contributed by atoms with Gasteiger partial charge in [0.1, 0.15) is 24.7 Å². The number of rotatable bonds is 8. The van der Waals surface area contributed by atoms with Crippen molar-refractivity contribution in [1.29, 1.82) is 0 Å². The second kappa shape index (κ2) is 8.66. The summed E-state index contributed by atoms with van der Waals surface area (Å²) in [4.78, 5) is 0. The molecule has 0 saturated carbocycles. The lowest BCUT2D eigenvalue weighted by Gasteiger charge is -2.16. The predicted octanol–water partition coefficient (Wildman–Crippen LogP) is 4.49. The van der Waals surface area contributed by atoms with Crippen LogP contribution >= 0.6 is 0 Å². The summed E-state index contributed by atoms with van der Waals surface area (Å²) in [7, 11) is 0. The van der Waals surface area contributed by atoms with Gasteiger partial charge in [-0.05, 0) is 46.5 Å². The molecule has 2 aliphatic rings. The highest BCUT2D eigenvalue weighted by atomic mass is 19.4. The Labute approximate surface area is 201 Å². The number of alkyl halides is 6. The fourth-order valence-corrected chi connectivity index (χ4v) is 3.69. The van der Waals surface area contributed by atoms with E-state index in [9.17, 15) is 26.3 Å². The summed E-state index contributed by atoms with van der Waals surface area (Å²) in [5.74, 6) is 1.07. The van der Waals surface area contributed by atoms with Crippen LogP contribution in [0.25, 0.3) is 0 Å². The van der Waals surface area contributed by atoms with Gasteiger partial charge in [-0.25, -0.2) is 21.7 Å². The Hall–Kier alpha value is -3.32. The van der Waals surface area contributed by atoms with Gasteiger partial charge in [0, 0.05) is 0 Å². The Bertz CT molecular complexity index is 1110. The van der Waals surface area contributed by atoms with Crippen molar-refractivity contribution < 1.29 is 35.8 Å². The van der Waals surface area contributed by atoms with Crippen LogP contribution < -0.4 is 31.2 Å². The third kappa shape index (κ3) is 4.60. The SMILES string of the molecule is FC(F)(F)C1(c2ccc(COc3ccc(OCc4ccc(C5(C(F)(F)F)NN5)cc4)cc3)cc2)NN1. The average Bonchev–Trinajstić information content (AvgIpc) is 3.75. The number of benzene rings is 3. The highest BCUT2D eigenvalue weighted by Crippen LogP contribution is 2.43. The van der Waals surface area contributed by atoms with Crippen LogP contribution in [0.1, 0.15) is 22.3 Å². The maximum Gasteiger partial charge on any atom is 0.426 e. The minimum Gasteiger partial charge on any atom is -0.489 e. The molecule has 2 aliphatic heterocycles. The second-order valence-electron chi connectivity index (χ2n) is 8.44. The normalized spacial score (nSPS) is 17.9. The summed E-state index contributed by atoms with van der Waals surface area (Å²) in [5, 5.41) is 0. The van der Waals surface area contributed by atoms with Crippen LogP contribution in [0.15, 0.2) is 72.8 Å². The third-order valence-electron chi connectivity index (χ3n) is 6.01. The minimum absolute atomic E-state index is 0.0654. The molecule has 36 heavy (non-hydrogen) atoms. The first kappa shape index (κ1) is 24.4. The highest BCUT2D eigenvalue weighted by molar-refractivity contribution is 5.35. The van der Waals surface area contributed by atoms with Crippen LogP contribution in [0.3, 0.4) is 0 Å². The van der Waals surface area contributed by atoms with E-state index in [0.717, 1.165) is 0 Å². The van der Waals surface area contributed by atoms with E-state index in [1.807, 2.05) is 0 Å². The van der Waals surface area contributed by atoms with Gasteiger partial charge in [-0.1, -0.05) is 48.5 Å². The van der Waals surface area contributed by atoms with Gasteiger partial charge in [0.2, 0.25) is 11.3 Å². The van der Waals surface area contributed by atoms with Crippen LogP contribution in [0, 0.1) is 0 Å². The van der Waals surface area contributed by atoms with Gasteiger partial charge in [-0.2, -0.15) is 26.3 Å². The van der Waals surface area contributed by atoms with E-state index in [0.29, 0.717) is 22.6 Å². The molecule has 0 unspecified atom stereocenters. The first-order chi connectivity index (χ1) is 17.0. The second-order valence-corrected chi connectivity index (χ2v) is 8.44. The fourth-order valence-electron chi connectivity index (χ4n) is 3.69. The van der Waals surface area contributed by atoms with Crippen molar-refractivity contribution in [2.75, 3.05) is 0 Å². The number of hydrogen-bond acceptors (Lipinski definition) is 6. The molecular weight excluding hydrogens is 490 g/mol. The molecule has 12 heteroatoms. The molecule has 3 aromatic carbocycles. The lowest BCUT2D eigenvalue weighted by atomic mass is 10.0. The summed E-state index contributed by atoms with van der Waals surface area (Å²) >= 11 is 0. The Balaban J connectivity index is 1.11. The van der Waals surface area contributed by atoms with Crippen LogP contribution in [0.5, 0.6) is 11.5 Å². The van der Waals surface area contributed by atoms with E-state index in [-0.39, 0.29) is 24.3 Å². The molecule has 0 aliphatic carbocycles. The zero-order chi connectivity index (χ0) is 25.6. The van der Waals surface area contributed by atoms with E-state index < -0.39 is 23.7 Å². The maximum atomic E-state index is 13.1. The summed E-state index contributed by atoms with van der Waals surface area (Å²) in [5.41, 5.74) is 5.78. The molecule has 0 bridgehead atoms. The van der Waals surface area contributed by atoms with Crippen molar-refractivity contribution in [2.24, 2.45) is 0 Å². The number of nitrogens with one attached hydrogen (secondary N) is 4. The van der Waals surface area contributed by atoms with Crippen molar-refractivity contribution in [3.8, 4) is 11.5 Å². The third-order valence-corrected chi connectivity index (χ3v) is 6.01. The van der Waals surface area contributed by atoms with Gasteiger partial charge in [0.25, 0.3) is 0 Å². The van der Waals surface area contributed by atoms with Crippen LogP contribution in [0.4, 0.5) is 26.3 Å². The zero-order valence-corrected chi connectivity index (χ0v) is 18.4. The van der Waals surface area contributed by atoms with Gasteiger partial charge >= 0.3 is 12.4 Å². The molecule has 4 N–H and O–H groups in total. The largest absolute Gasteiger partial charge is 0.489 e. The summed E-state index contributed by atoms with van der Waals surface area (Å²) in [6, 6.07) is 18.6. The van der Waals surface area contributed by atoms with Gasteiger partial charge < -0.3 is 9.47 Å². The first-order valence-electron chi connectivity index (χ1n) is 10.8. The fraction of sp³-hybridized carbons (Fsp3) is 0.250. The molecule has 0 atom stereocenters. The summed E-state index contributed by atoms with van der Waals surface area (Å²) in [6.07, 6.45) is -8.92. The van der Waals surface area contributed by atoms with Gasteiger partial charge in [-0.3, -0.25) is 0 Å². The lowest BCUT2D eigenvalue weighted by Crippen LogP contribution is -2.34. The molecule has 0 radical (unpaired) electrons. The average molecular weight is 510 g/mol. The minimum atomic E-state index is -4.46. The Morgan fingerprint density at radius 1 is 0.500 bits per heavy atom. The van der Waals surface area contributed by atoms with Crippen LogP contribution in [-0.2, 0) is 24.5 Å². The quantitative estimate of drug-likeness (QED) is 0.263. The maximum absolute atomic E-state index is 13.1. The van der Waals surface area contributed by atoms with Crippen molar-refractivity contribution in [1.82, 2.24) is 21.7 Å². The molecule has 3 aromatic rings. The van der Waals surface area contributed by atoms with Gasteiger partial charge in [0.15, 0.2) is 0 Å². The molecule has 0 spiro atoms. The molecule has 6 nitrogen and oxygen atoms in total. The Kier molecular flexibility index (Phi) is 5.86. The predicted molar refractivity (Wildman–Crippen MR) is 116 cm³/mol. The number of halogens is 6. The van der Waals surface area contributed by atoms with E-state index in [4.69, 9.17) is 9.47 Å². The Morgan fingerprint density at radius 2 is 0.806 bits per heavy atom. The Morgan fingerprint density at radius 3 is 1.06 bits per heavy atom. The van der Waals surface area contributed by atoms with Crippen molar-refractivity contribution in [3.63, 3.8) is 0 Å². The molecule has 190 valence electrons. The first-order valence-corrected chi connectivity index (χ1v) is 10.8. The standard InChI is InChI=1S/C24H20F6N4O2/c25-23(26,27)21(31-32-21)17-5-1-15(2-6-17)13-35-19-9-11-20(12-10-19)36-14-16-3-7-18(8-4-16)22(33-34-22)24(28,29)30/h1-12,31-34H,13-14H2. The summed E-state index contributed by atoms with van der Waals surface area (Å²) in [6.45, 7) is 0.325. The molecule has 5 rings (SSSR count). The van der Waals surface area contributed by atoms with E-state index in [2.05, 4.69) is 21.7 Å². The van der Waals surface area contributed by atoms with Crippen molar-refractivity contribution in [3.05, 3.63) is 95.1 Å². The van der Waals surface area contributed by atoms with Crippen LogP contribution in [-0.4, -0.2) is 12.4 Å². The van der Waals surface area contributed by atoms with E-state index >= 15 is 0 Å². The van der Waals surface area contributed by atoms with Crippen molar-refractivity contribution >= 4 is 0 Å². The van der Waals surface area contributed by atoms with E-state index in [1.165, 1.54) is 24.3 Å². The smallest absolute Gasteiger partial charge is 0.426 e. The van der Waals surface area contributed by atoms with E-state index in [1.54, 1.807) is 48.5 Å². The lowest BCUT2D eigenvalue weighted by molar-refractivity contribution is -0.166. The van der Waals surface area contributed by atoms with Crippen molar-refractivity contribution in [2.45, 2.75) is 36.9 Å². The van der Waals surface area contributed by atoms with Gasteiger partial charge in [-0.15, -0.1) is 0 Å². The molecule has 2 heterocycles. The molecule has 0 amide bonds. The topological polar surface area (TPSA) is 106 Å². The molecule has 0 aromatic heterocycles. The molecule has 2 fully saturated rings. The highest BCUT2D eigenvalue weighted by Gasteiger charge is 2.66. The molecular formula is C24H20F6N4O2. The number of ether oxygens (including phenoxy) is 2. The van der Waals surface area contributed by atoms with Gasteiger partial charge in [0.05, 0.1) is 0 Å². The number of hydrazine groups is 2.